The van der Waals surface area contributed by atoms with Gasteiger partial charge in [-0.15, -0.1) is 0 Å². The predicted octanol–water partition coefficient (Wildman–Crippen LogP) is 10.5. The number of rotatable bonds is 6. The maximum Gasteiger partial charge on any atom is 0.116 e. The summed E-state index contributed by atoms with van der Waals surface area (Å²) in [7, 11) is 2.28. The van der Waals surface area contributed by atoms with Crippen molar-refractivity contribution in [3.8, 4) is 11.1 Å². The van der Waals surface area contributed by atoms with Crippen LogP contribution in [0.15, 0.2) is 137 Å². The van der Waals surface area contributed by atoms with Gasteiger partial charge in [0, 0.05) is 60.1 Å². The Labute approximate surface area is 290 Å². The van der Waals surface area contributed by atoms with Crippen LogP contribution in [0, 0.1) is 5.92 Å². The second-order valence-corrected chi connectivity index (χ2v) is 14.0. The lowest BCUT2D eigenvalue weighted by Gasteiger charge is -2.44. The minimum Gasteiger partial charge on any atom is -0.310 e. The first-order chi connectivity index (χ1) is 24.2. The molecular weight excluding hydrogens is 599 g/mol. The van der Waals surface area contributed by atoms with Gasteiger partial charge in [0.25, 0.3) is 0 Å². The van der Waals surface area contributed by atoms with Crippen molar-refractivity contribution < 1.29 is 0 Å². The van der Waals surface area contributed by atoms with Crippen molar-refractivity contribution in [1.82, 2.24) is 4.90 Å². The van der Waals surface area contributed by atoms with E-state index in [-0.39, 0.29) is 0 Å². The van der Waals surface area contributed by atoms with Crippen LogP contribution in [0.5, 0.6) is 0 Å². The van der Waals surface area contributed by atoms with Crippen LogP contribution in [0.3, 0.4) is 0 Å². The van der Waals surface area contributed by atoms with Crippen LogP contribution in [-0.4, -0.2) is 43.1 Å². The molecule has 4 aliphatic heterocycles. The number of fused-ring (bicyclic) bond motifs is 4. The van der Waals surface area contributed by atoms with Crippen molar-refractivity contribution in [2.75, 3.05) is 29.9 Å². The molecule has 4 unspecified atom stereocenters. The molecule has 1 fully saturated rings. The van der Waals surface area contributed by atoms with Gasteiger partial charge in [-0.3, -0.25) is 19.8 Å². The van der Waals surface area contributed by atoms with E-state index in [1.807, 2.05) is 0 Å². The maximum atomic E-state index is 5.14. The van der Waals surface area contributed by atoms with E-state index in [0.29, 0.717) is 18.0 Å². The standard InChI is InChI=1S/C44H43N5/c1-47-41(24-20-34-26-28-45-30-43(34)47)33-16-14-31(15-17-33)32-18-21-37(22-19-32)49-42-25-23-38(29-40(42)39-13-8-27-46-44(39)49)48(35-9-4-2-5-10-35)36-11-6-3-7-12-36/h2-7,9-12,14-19,21-23,25,29-30,34,39,41,43H,8,13,20,24,26-28H2,1H3. The molecule has 4 aliphatic rings. The van der Waals surface area contributed by atoms with Crippen LogP contribution in [0.2, 0.25) is 0 Å². The van der Waals surface area contributed by atoms with Crippen molar-refractivity contribution in [1.29, 1.82) is 0 Å². The zero-order chi connectivity index (χ0) is 32.7. The summed E-state index contributed by atoms with van der Waals surface area (Å²) in [6.07, 6.45) is 8.19. The Morgan fingerprint density at radius 3 is 2.06 bits per heavy atom. The number of hydrogen-bond acceptors (Lipinski definition) is 5. The predicted molar refractivity (Wildman–Crippen MR) is 204 cm³/mol. The van der Waals surface area contributed by atoms with Crippen LogP contribution in [0.4, 0.5) is 28.4 Å². The van der Waals surface area contributed by atoms with E-state index in [1.54, 1.807) is 0 Å². The van der Waals surface area contributed by atoms with E-state index in [0.717, 1.165) is 43.2 Å². The minimum absolute atomic E-state index is 0.303. The lowest BCUT2D eigenvalue weighted by atomic mass is 9.81. The van der Waals surface area contributed by atoms with Crippen molar-refractivity contribution in [3.05, 3.63) is 139 Å². The molecule has 5 aromatic carbocycles. The van der Waals surface area contributed by atoms with Gasteiger partial charge in [-0.05, 0) is 122 Å². The lowest BCUT2D eigenvalue weighted by molar-refractivity contribution is 0.0986. The molecule has 1 saturated heterocycles. The fourth-order valence-corrected chi connectivity index (χ4v) is 8.76. The second kappa shape index (κ2) is 12.8. The second-order valence-electron chi connectivity index (χ2n) is 14.0. The summed E-state index contributed by atoms with van der Waals surface area (Å²) >= 11 is 0. The summed E-state index contributed by atoms with van der Waals surface area (Å²) in [4.78, 5) is 17.1. The monoisotopic (exact) mass is 641 g/mol. The van der Waals surface area contributed by atoms with Gasteiger partial charge in [-0.25, -0.2) is 0 Å². The Bertz CT molecular complexity index is 1940. The van der Waals surface area contributed by atoms with E-state index >= 15 is 0 Å². The molecule has 0 amide bonds. The molecule has 0 radical (unpaired) electrons. The fraction of sp³-hybridized carbons (Fsp3) is 0.273. The summed E-state index contributed by atoms with van der Waals surface area (Å²) in [5.74, 6) is 2.25. The molecule has 0 aliphatic carbocycles. The van der Waals surface area contributed by atoms with E-state index in [9.17, 15) is 0 Å². The molecular formula is C44H43N5. The highest BCUT2D eigenvalue weighted by Crippen LogP contribution is 2.49. The van der Waals surface area contributed by atoms with Gasteiger partial charge in [0.2, 0.25) is 0 Å². The number of hydrogen-bond donors (Lipinski definition) is 0. The molecule has 4 heterocycles. The molecule has 4 atom stereocenters. The Morgan fingerprint density at radius 1 is 0.653 bits per heavy atom. The van der Waals surface area contributed by atoms with Gasteiger partial charge >= 0.3 is 0 Å². The number of benzene rings is 5. The molecule has 5 heteroatoms. The molecule has 9 rings (SSSR count). The first-order valence-electron chi connectivity index (χ1n) is 18.0. The third kappa shape index (κ3) is 5.47. The largest absolute Gasteiger partial charge is 0.310 e. The van der Waals surface area contributed by atoms with Gasteiger partial charge in [0.1, 0.15) is 5.84 Å². The van der Waals surface area contributed by atoms with Gasteiger partial charge in [-0.2, -0.15) is 0 Å². The topological polar surface area (TPSA) is 34.4 Å². The molecule has 5 nitrogen and oxygen atoms in total. The molecule has 0 aromatic heterocycles. The highest BCUT2D eigenvalue weighted by Gasteiger charge is 2.38. The number of anilines is 5. The summed E-state index contributed by atoms with van der Waals surface area (Å²) in [6, 6.07) is 47.6. The quantitative estimate of drug-likeness (QED) is 0.185. The smallest absolute Gasteiger partial charge is 0.116 e. The number of aliphatic imine (C=N–C) groups is 2. The van der Waals surface area contributed by atoms with Crippen LogP contribution in [0.25, 0.3) is 11.1 Å². The molecule has 5 aromatic rings. The summed E-state index contributed by atoms with van der Waals surface area (Å²) in [5.41, 5.74) is 11.2. The zero-order valence-corrected chi connectivity index (χ0v) is 28.2. The number of piperidine rings is 1. The normalized spacial score (nSPS) is 23.0. The zero-order valence-electron chi connectivity index (χ0n) is 28.2. The van der Waals surface area contributed by atoms with Crippen molar-refractivity contribution in [3.63, 3.8) is 0 Å². The molecule has 244 valence electrons. The van der Waals surface area contributed by atoms with Crippen LogP contribution < -0.4 is 9.80 Å². The first kappa shape index (κ1) is 30.1. The molecule has 0 bridgehead atoms. The summed E-state index contributed by atoms with van der Waals surface area (Å²) < 4.78 is 0. The van der Waals surface area contributed by atoms with Crippen molar-refractivity contribution in [2.24, 2.45) is 15.9 Å². The van der Waals surface area contributed by atoms with Crippen LogP contribution in [0.1, 0.15) is 55.2 Å². The SMILES string of the molecule is CN1C(c2ccc(-c3ccc(N4C5=NCCCC5c5cc(N(c6ccccc6)c6ccccc6)ccc54)cc3)cc2)CCC2CCN=CC21. The average Bonchev–Trinajstić information content (AvgIpc) is 3.50. The van der Waals surface area contributed by atoms with E-state index in [1.165, 1.54) is 64.4 Å². The fourth-order valence-electron chi connectivity index (χ4n) is 8.76. The maximum absolute atomic E-state index is 5.14. The number of amidine groups is 1. The number of likely N-dealkylation sites (tertiary alicyclic amines) is 1. The van der Waals surface area contributed by atoms with Crippen molar-refractivity contribution >= 4 is 40.5 Å². The Balaban J connectivity index is 1.00. The Morgan fingerprint density at radius 2 is 1.35 bits per heavy atom. The van der Waals surface area contributed by atoms with Crippen LogP contribution >= 0.6 is 0 Å². The summed E-state index contributed by atoms with van der Waals surface area (Å²) in [5, 5.41) is 0. The van der Waals surface area contributed by atoms with E-state index in [4.69, 9.17) is 4.99 Å². The molecule has 49 heavy (non-hydrogen) atoms. The number of para-hydroxylation sites is 2. The molecule has 0 saturated carbocycles. The number of nitrogens with zero attached hydrogens (tertiary/aromatic N) is 5. The average molecular weight is 642 g/mol. The van der Waals surface area contributed by atoms with Gasteiger partial charge in [-0.1, -0.05) is 72.8 Å². The van der Waals surface area contributed by atoms with E-state index in [2.05, 4.69) is 160 Å². The van der Waals surface area contributed by atoms with Gasteiger partial charge in [0.15, 0.2) is 0 Å². The lowest BCUT2D eigenvalue weighted by Crippen LogP contribution is -2.47. The molecule has 0 N–H and O–H groups in total. The van der Waals surface area contributed by atoms with Crippen molar-refractivity contribution in [2.45, 2.75) is 50.1 Å². The highest BCUT2D eigenvalue weighted by molar-refractivity contribution is 6.14. The third-order valence-corrected chi connectivity index (χ3v) is 11.3. The Hall–Kier alpha value is -5.00. The van der Waals surface area contributed by atoms with Crippen LogP contribution in [-0.2, 0) is 0 Å². The molecule has 0 spiro atoms. The van der Waals surface area contributed by atoms with Gasteiger partial charge < -0.3 is 4.90 Å². The minimum atomic E-state index is 0.303. The third-order valence-electron chi connectivity index (χ3n) is 11.3. The van der Waals surface area contributed by atoms with E-state index < -0.39 is 0 Å². The summed E-state index contributed by atoms with van der Waals surface area (Å²) in [6.45, 7) is 1.88. The van der Waals surface area contributed by atoms with Gasteiger partial charge in [0.05, 0.1) is 5.69 Å². The first-order valence-corrected chi connectivity index (χ1v) is 18.0. The highest BCUT2D eigenvalue weighted by atomic mass is 15.2. The Kier molecular flexibility index (Phi) is 7.86.